The number of nitrogens with one attached hydrogen (secondary N) is 1. The predicted octanol–water partition coefficient (Wildman–Crippen LogP) is 4.02. The van der Waals surface area contributed by atoms with Crippen LogP contribution in [0, 0.1) is 5.82 Å². The molecule has 0 aliphatic heterocycles. The van der Waals surface area contributed by atoms with Crippen LogP contribution in [0.15, 0.2) is 35.1 Å². The molecule has 6 heteroatoms. The first-order valence-electron chi connectivity index (χ1n) is 8.04. The number of rotatable bonds is 6. The Morgan fingerprint density at radius 1 is 1.29 bits per heavy atom. The van der Waals surface area contributed by atoms with Crippen molar-refractivity contribution in [1.82, 2.24) is 14.9 Å². The molecule has 0 aliphatic carbocycles. The van der Waals surface area contributed by atoms with E-state index in [1.165, 1.54) is 23.5 Å². The van der Waals surface area contributed by atoms with Crippen LogP contribution in [0.2, 0.25) is 0 Å². The van der Waals surface area contributed by atoms with Gasteiger partial charge in [-0.05, 0) is 43.8 Å². The largest absolute Gasteiger partial charge is 0.308 e. The van der Waals surface area contributed by atoms with Crippen LogP contribution in [-0.2, 0) is 6.54 Å². The number of thiophene rings is 1. The van der Waals surface area contributed by atoms with E-state index in [1.807, 2.05) is 13.1 Å². The first-order chi connectivity index (χ1) is 11.6. The Hall–Kier alpha value is -2.05. The van der Waals surface area contributed by atoms with E-state index in [1.54, 1.807) is 12.1 Å². The zero-order valence-corrected chi connectivity index (χ0v) is 14.6. The molecule has 126 valence electrons. The molecule has 2 heterocycles. The number of nitrogens with zero attached hydrogens (tertiary/aromatic N) is 2. The molecule has 0 spiro atoms. The third-order valence-electron chi connectivity index (χ3n) is 3.87. The van der Waals surface area contributed by atoms with Crippen molar-refractivity contribution in [1.29, 1.82) is 0 Å². The lowest BCUT2D eigenvalue weighted by Crippen LogP contribution is -2.22. The third-order valence-corrected chi connectivity index (χ3v) is 5.05. The highest BCUT2D eigenvalue weighted by molar-refractivity contribution is 7.22. The van der Waals surface area contributed by atoms with Gasteiger partial charge in [0.1, 0.15) is 16.3 Å². The summed E-state index contributed by atoms with van der Waals surface area (Å²) in [5, 5.41) is 0. The number of aromatic amines is 1. The van der Waals surface area contributed by atoms with E-state index in [9.17, 15) is 9.18 Å². The molecule has 1 N–H and O–H groups in total. The van der Waals surface area contributed by atoms with E-state index in [0.717, 1.165) is 29.8 Å². The van der Waals surface area contributed by atoms with Gasteiger partial charge < -0.3 is 4.98 Å². The highest BCUT2D eigenvalue weighted by atomic mass is 32.1. The first-order valence-corrected chi connectivity index (χ1v) is 8.85. The lowest BCUT2D eigenvalue weighted by molar-refractivity contribution is 0.313. The van der Waals surface area contributed by atoms with Crippen molar-refractivity contribution in [2.75, 3.05) is 13.6 Å². The van der Waals surface area contributed by atoms with Crippen LogP contribution in [0.4, 0.5) is 4.39 Å². The van der Waals surface area contributed by atoms with E-state index in [4.69, 9.17) is 0 Å². The van der Waals surface area contributed by atoms with Gasteiger partial charge in [0.05, 0.1) is 12.1 Å². The number of unbranched alkanes of at least 4 members (excludes halogenated alkanes) is 1. The molecule has 0 bridgehead atoms. The van der Waals surface area contributed by atoms with Crippen LogP contribution in [-0.4, -0.2) is 28.5 Å². The van der Waals surface area contributed by atoms with Gasteiger partial charge in [-0.3, -0.25) is 9.69 Å². The van der Waals surface area contributed by atoms with Crippen LogP contribution in [0.25, 0.3) is 20.7 Å². The topological polar surface area (TPSA) is 49.0 Å². The van der Waals surface area contributed by atoms with E-state index in [2.05, 4.69) is 21.8 Å². The molecule has 0 aliphatic rings. The van der Waals surface area contributed by atoms with Crippen molar-refractivity contribution in [3.63, 3.8) is 0 Å². The Labute approximate surface area is 144 Å². The molecule has 0 atom stereocenters. The summed E-state index contributed by atoms with van der Waals surface area (Å²) in [7, 11) is 2.03. The lowest BCUT2D eigenvalue weighted by Gasteiger charge is -2.14. The molecule has 1 aromatic carbocycles. The van der Waals surface area contributed by atoms with Crippen molar-refractivity contribution < 1.29 is 4.39 Å². The molecule has 3 rings (SSSR count). The Morgan fingerprint density at radius 3 is 2.75 bits per heavy atom. The average Bonchev–Trinajstić information content (AvgIpc) is 2.98. The summed E-state index contributed by atoms with van der Waals surface area (Å²) in [5.41, 5.74) is 1.47. The summed E-state index contributed by atoms with van der Waals surface area (Å²) in [6, 6.07) is 8.18. The predicted molar refractivity (Wildman–Crippen MR) is 96.9 cm³/mol. The van der Waals surface area contributed by atoms with E-state index in [0.29, 0.717) is 22.6 Å². The SMILES string of the molecule is CCCCN(C)Cc1nc2cc(-c3ccc(F)cc3)sc2c(=O)[nH]1. The van der Waals surface area contributed by atoms with Gasteiger partial charge in [0.15, 0.2) is 0 Å². The molecular formula is C18H20FN3OS. The summed E-state index contributed by atoms with van der Waals surface area (Å²) in [4.78, 5) is 22.9. The molecule has 4 nitrogen and oxygen atoms in total. The average molecular weight is 345 g/mol. The Morgan fingerprint density at radius 2 is 2.04 bits per heavy atom. The number of hydrogen-bond acceptors (Lipinski definition) is 4. The first kappa shape index (κ1) is 16.8. The highest BCUT2D eigenvalue weighted by Crippen LogP contribution is 2.30. The Kier molecular flexibility index (Phi) is 5.06. The molecule has 0 fully saturated rings. The van der Waals surface area contributed by atoms with Gasteiger partial charge in [0, 0.05) is 4.88 Å². The van der Waals surface area contributed by atoms with E-state index in [-0.39, 0.29) is 11.4 Å². The standard InChI is InChI=1S/C18H20FN3OS/c1-3-4-9-22(2)11-16-20-14-10-15(24-17(14)18(23)21-16)12-5-7-13(19)8-6-12/h5-8,10H,3-4,9,11H2,1-2H3,(H,20,21,23). The van der Waals surface area contributed by atoms with Gasteiger partial charge in [-0.2, -0.15) is 0 Å². The summed E-state index contributed by atoms with van der Waals surface area (Å²) >= 11 is 1.38. The van der Waals surface area contributed by atoms with Crippen LogP contribution in [0.1, 0.15) is 25.6 Å². The minimum absolute atomic E-state index is 0.114. The summed E-state index contributed by atoms with van der Waals surface area (Å²) in [6.45, 7) is 3.75. The van der Waals surface area contributed by atoms with Crippen LogP contribution in [0.5, 0.6) is 0 Å². The molecule has 0 radical (unpaired) electrons. The summed E-state index contributed by atoms with van der Waals surface area (Å²) in [6.07, 6.45) is 2.26. The van der Waals surface area contributed by atoms with Crippen molar-refractivity contribution in [3.8, 4) is 10.4 Å². The van der Waals surface area contributed by atoms with Gasteiger partial charge in [-0.1, -0.05) is 25.5 Å². The molecule has 3 aromatic rings. The zero-order valence-electron chi connectivity index (χ0n) is 13.8. The van der Waals surface area contributed by atoms with Crippen molar-refractivity contribution in [2.45, 2.75) is 26.3 Å². The fraction of sp³-hybridized carbons (Fsp3) is 0.333. The molecule has 24 heavy (non-hydrogen) atoms. The quantitative estimate of drug-likeness (QED) is 0.734. The second-order valence-electron chi connectivity index (χ2n) is 5.94. The minimum atomic E-state index is -0.270. The maximum Gasteiger partial charge on any atom is 0.268 e. The van der Waals surface area contributed by atoms with Gasteiger partial charge in [0.2, 0.25) is 0 Å². The second-order valence-corrected chi connectivity index (χ2v) is 6.99. The minimum Gasteiger partial charge on any atom is -0.308 e. The third kappa shape index (κ3) is 3.71. The highest BCUT2D eigenvalue weighted by Gasteiger charge is 2.11. The van der Waals surface area contributed by atoms with Gasteiger partial charge in [-0.15, -0.1) is 11.3 Å². The van der Waals surface area contributed by atoms with Gasteiger partial charge in [-0.25, -0.2) is 9.37 Å². The lowest BCUT2D eigenvalue weighted by atomic mass is 10.2. The number of hydrogen-bond donors (Lipinski definition) is 1. The fourth-order valence-corrected chi connectivity index (χ4v) is 3.58. The molecule has 0 saturated carbocycles. The monoisotopic (exact) mass is 345 g/mol. The normalized spacial score (nSPS) is 11.5. The van der Waals surface area contributed by atoms with Gasteiger partial charge >= 0.3 is 0 Å². The van der Waals surface area contributed by atoms with Crippen LogP contribution < -0.4 is 5.56 Å². The zero-order chi connectivity index (χ0) is 17.1. The van der Waals surface area contributed by atoms with Crippen molar-refractivity contribution >= 4 is 21.6 Å². The van der Waals surface area contributed by atoms with E-state index < -0.39 is 0 Å². The number of halogens is 1. The van der Waals surface area contributed by atoms with Crippen molar-refractivity contribution in [2.24, 2.45) is 0 Å². The van der Waals surface area contributed by atoms with Crippen molar-refractivity contribution in [3.05, 3.63) is 52.3 Å². The van der Waals surface area contributed by atoms with Gasteiger partial charge in [0.25, 0.3) is 5.56 Å². The molecular weight excluding hydrogens is 325 g/mol. The Bertz CT molecular complexity index is 885. The molecule has 0 unspecified atom stereocenters. The smallest absolute Gasteiger partial charge is 0.268 e. The summed E-state index contributed by atoms with van der Waals surface area (Å²) in [5.74, 6) is 0.405. The Balaban J connectivity index is 1.91. The molecule has 0 saturated heterocycles. The number of fused-ring (bicyclic) bond motifs is 1. The van der Waals surface area contributed by atoms with E-state index >= 15 is 0 Å². The molecule has 0 amide bonds. The number of aromatic nitrogens is 2. The number of H-pyrrole nitrogens is 1. The maximum atomic E-state index is 13.1. The summed E-state index contributed by atoms with van der Waals surface area (Å²) < 4.78 is 13.7. The number of benzene rings is 1. The van der Waals surface area contributed by atoms with Crippen LogP contribution >= 0.6 is 11.3 Å². The molecule has 2 aromatic heterocycles. The van der Waals surface area contributed by atoms with Crippen LogP contribution in [0.3, 0.4) is 0 Å². The fourth-order valence-electron chi connectivity index (χ4n) is 2.58. The maximum absolute atomic E-state index is 13.1. The second kappa shape index (κ2) is 7.23.